The second-order valence-corrected chi connectivity index (χ2v) is 7.29. The predicted octanol–water partition coefficient (Wildman–Crippen LogP) is 3.58. The van der Waals surface area contributed by atoms with Crippen LogP contribution in [-0.2, 0) is 13.7 Å². The van der Waals surface area contributed by atoms with E-state index in [0.29, 0.717) is 31.0 Å². The van der Waals surface area contributed by atoms with Gasteiger partial charge in [-0.15, -0.1) is 0 Å². The minimum atomic E-state index is -0.797. The number of carbonyl (C=O) groups is 1. The van der Waals surface area contributed by atoms with E-state index in [1.54, 1.807) is 16.8 Å². The molecule has 0 bridgehead atoms. The molecule has 0 aliphatic carbocycles. The molecule has 0 radical (unpaired) electrons. The molecule has 2 aromatic carbocycles. The number of rotatable bonds is 8. The van der Waals surface area contributed by atoms with Crippen molar-refractivity contribution in [1.29, 1.82) is 0 Å². The molecule has 0 saturated heterocycles. The zero-order chi connectivity index (χ0) is 21.7. The predicted molar refractivity (Wildman–Crippen MR) is 117 cm³/mol. The summed E-state index contributed by atoms with van der Waals surface area (Å²) < 4.78 is 7.95. The number of nitrogens with zero attached hydrogens (tertiary/aromatic N) is 4. The highest BCUT2D eigenvalue weighted by Crippen LogP contribution is 2.22. The average molecular weight is 411 g/mol. The van der Waals surface area contributed by atoms with Gasteiger partial charge in [0.05, 0.1) is 23.7 Å². The van der Waals surface area contributed by atoms with Crippen molar-refractivity contribution in [2.24, 2.45) is 7.05 Å². The second kappa shape index (κ2) is 9.63. The topological polar surface area (TPSA) is 70.8 Å². The Bertz CT molecular complexity index is 997. The first-order valence-electron chi connectivity index (χ1n) is 10.3. The molecule has 0 saturated carbocycles. The molecule has 7 heteroatoms. The van der Waals surface area contributed by atoms with Crippen molar-refractivity contribution in [3.05, 3.63) is 59.9 Å². The lowest BCUT2D eigenvalue weighted by atomic mass is 10.1. The number of hydrogen-bond acceptors (Lipinski definition) is 4. The van der Waals surface area contributed by atoms with Crippen LogP contribution >= 0.6 is 0 Å². The van der Waals surface area contributed by atoms with Crippen molar-refractivity contribution in [2.75, 3.05) is 26.7 Å². The van der Waals surface area contributed by atoms with E-state index in [2.05, 4.69) is 4.98 Å². The number of aliphatic hydroxyl groups is 1. The molecule has 160 valence electrons. The van der Waals surface area contributed by atoms with E-state index in [1.807, 2.05) is 74.0 Å². The van der Waals surface area contributed by atoms with Gasteiger partial charge in [0.2, 0.25) is 0 Å². The maximum atomic E-state index is 12.4. The van der Waals surface area contributed by atoms with Gasteiger partial charge in [-0.2, -0.15) is 0 Å². The lowest BCUT2D eigenvalue weighted by molar-refractivity contribution is 0.115. The molecule has 1 heterocycles. The molecule has 0 fully saturated rings. The minimum Gasteiger partial charge on any atom is -0.486 e. The van der Waals surface area contributed by atoms with Crippen LogP contribution < -0.4 is 4.74 Å². The highest BCUT2D eigenvalue weighted by atomic mass is 16.5. The van der Waals surface area contributed by atoms with Crippen molar-refractivity contribution in [1.82, 2.24) is 19.4 Å². The zero-order valence-electron chi connectivity index (χ0n) is 18.1. The number of aryl methyl sites for hydroxylation is 1. The Morgan fingerprint density at radius 3 is 2.60 bits per heavy atom. The van der Waals surface area contributed by atoms with E-state index in [0.717, 1.165) is 16.9 Å². The van der Waals surface area contributed by atoms with Gasteiger partial charge in [-0.1, -0.05) is 24.3 Å². The second-order valence-electron chi connectivity index (χ2n) is 7.29. The summed E-state index contributed by atoms with van der Waals surface area (Å²) in [4.78, 5) is 20.3. The number of likely N-dealkylation sites (N-methyl/N-ethyl adjacent to an activating group) is 1. The van der Waals surface area contributed by atoms with Gasteiger partial charge < -0.3 is 24.2 Å². The Labute approximate surface area is 177 Å². The van der Waals surface area contributed by atoms with Crippen molar-refractivity contribution >= 4 is 17.1 Å². The Kier molecular flexibility index (Phi) is 6.95. The van der Waals surface area contributed by atoms with E-state index in [-0.39, 0.29) is 12.6 Å². The van der Waals surface area contributed by atoms with E-state index in [1.165, 1.54) is 0 Å². The Morgan fingerprint density at radius 1 is 1.17 bits per heavy atom. The number of fused-ring (bicyclic) bond motifs is 1. The fraction of sp³-hybridized carbons (Fsp3) is 0.391. The molecule has 0 spiro atoms. The summed E-state index contributed by atoms with van der Waals surface area (Å²) in [5.74, 6) is 1.48. The summed E-state index contributed by atoms with van der Waals surface area (Å²) in [5, 5.41) is 10.6. The van der Waals surface area contributed by atoms with Crippen LogP contribution in [-0.4, -0.2) is 57.2 Å². The van der Waals surface area contributed by atoms with Gasteiger partial charge in [0.1, 0.15) is 18.2 Å². The molecule has 1 atom stereocenters. The zero-order valence-corrected chi connectivity index (χ0v) is 18.1. The molecule has 1 N–H and O–H groups in total. The summed E-state index contributed by atoms with van der Waals surface area (Å²) in [7, 11) is 3.67. The van der Waals surface area contributed by atoms with E-state index in [4.69, 9.17) is 4.74 Å². The van der Waals surface area contributed by atoms with Crippen molar-refractivity contribution in [2.45, 2.75) is 26.6 Å². The van der Waals surface area contributed by atoms with E-state index >= 15 is 0 Å². The maximum absolute atomic E-state index is 12.4. The van der Waals surface area contributed by atoms with Crippen LogP contribution in [0.15, 0.2) is 48.5 Å². The lowest BCUT2D eigenvalue weighted by Crippen LogP contribution is -2.42. The van der Waals surface area contributed by atoms with Crippen LogP contribution in [0.4, 0.5) is 4.79 Å². The van der Waals surface area contributed by atoms with Crippen molar-refractivity contribution in [3.63, 3.8) is 0 Å². The fourth-order valence-electron chi connectivity index (χ4n) is 3.46. The molecule has 1 aromatic heterocycles. The molecule has 3 aromatic rings. The van der Waals surface area contributed by atoms with Crippen LogP contribution in [0.2, 0.25) is 0 Å². The fourth-order valence-corrected chi connectivity index (χ4v) is 3.46. The molecular weight excluding hydrogens is 380 g/mol. The summed E-state index contributed by atoms with van der Waals surface area (Å²) in [5.41, 5.74) is 2.70. The number of hydrogen-bond donors (Lipinski definition) is 1. The third-order valence-electron chi connectivity index (χ3n) is 5.30. The molecule has 0 aliphatic rings. The van der Waals surface area contributed by atoms with Crippen LogP contribution in [0, 0.1) is 0 Å². The number of urea groups is 1. The number of amides is 2. The number of carbonyl (C=O) groups excluding carboxylic acids is 1. The minimum absolute atomic E-state index is 0.0895. The quantitative estimate of drug-likeness (QED) is 0.616. The highest BCUT2D eigenvalue weighted by molar-refractivity contribution is 5.75. The number of benzene rings is 2. The first kappa shape index (κ1) is 21.6. The van der Waals surface area contributed by atoms with E-state index in [9.17, 15) is 9.90 Å². The van der Waals surface area contributed by atoms with Crippen LogP contribution in [0.1, 0.15) is 31.3 Å². The molecule has 30 heavy (non-hydrogen) atoms. The van der Waals surface area contributed by atoms with Gasteiger partial charge in [0, 0.05) is 27.2 Å². The van der Waals surface area contributed by atoms with Gasteiger partial charge in [-0.05, 0) is 43.7 Å². The van der Waals surface area contributed by atoms with Crippen molar-refractivity contribution in [3.8, 4) is 5.75 Å². The number of ether oxygens (including phenoxy) is 1. The molecule has 0 aliphatic heterocycles. The van der Waals surface area contributed by atoms with Gasteiger partial charge in [0.25, 0.3) is 0 Å². The Hall–Kier alpha value is -3.06. The van der Waals surface area contributed by atoms with Crippen LogP contribution in [0.25, 0.3) is 11.0 Å². The summed E-state index contributed by atoms with van der Waals surface area (Å²) in [6, 6.07) is 15.2. The number of para-hydroxylation sites is 2. The molecule has 2 amide bonds. The largest absolute Gasteiger partial charge is 0.486 e. The van der Waals surface area contributed by atoms with Crippen LogP contribution in [0.3, 0.4) is 0 Å². The maximum Gasteiger partial charge on any atom is 0.319 e. The highest BCUT2D eigenvalue weighted by Gasteiger charge is 2.19. The van der Waals surface area contributed by atoms with Gasteiger partial charge >= 0.3 is 6.03 Å². The van der Waals surface area contributed by atoms with Gasteiger partial charge in [0.15, 0.2) is 0 Å². The summed E-state index contributed by atoms with van der Waals surface area (Å²) in [6.45, 7) is 5.70. The Balaban J connectivity index is 1.65. The van der Waals surface area contributed by atoms with Gasteiger partial charge in [-0.3, -0.25) is 0 Å². The first-order chi connectivity index (χ1) is 14.4. The monoisotopic (exact) mass is 410 g/mol. The standard InChI is InChI=1S/C23H30N4O3/c1-5-27(6-2)23(29)25(3)15-21(28)17-10-9-11-18(14-17)30-16-22-24-19-12-7-8-13-20(19)26(22)4/h7-14,21,28H,5-6,15-16H2,1-4H3/t21-/m0/s1. The first-order valence-corrected chi connectivity index (χ1v) is 10.3. The molecule has 3 rings (SSSR count). The Morgan fingerprint density at radius 2 is 1.90 bits per heavy atom. The third kappa shape index (κ3) is 4.74. The number of aliphatic hydroxyl groups excluding tert-OH is 1. The normalized spacial score (nSPS) is 12.0. The molecule has 7 nitrogen and oxygen atoms in total. The summed E-state index contributed by atoms with van der Waals surface area (Å²) >= 11 is 0. The third-order valence-corrected chi connectivity index (χ3v) is 5.30. The number of aromatic nitrogens is 2. The SMILES string of the molecule is CCN(CC)C(=O)N(C)C[C@H](O)c1cccc(OCc2nc3ccccc3n2C)c1. The number of imidazole rings is 1. The smallest absolute Gasteiger partial charge is 0.319 e. The lowest BCUT2D eigenvalue weighted by Gasteiger charge is -2.28. The average Bonchev–Trinajstić information content (AvgIpc) is 3.09. The van der Waals surface area contributed by atoms with E-state index < -0.39 is 6.10 Å². The van der Waals surface area contributed by atoms with Crippen LogP contribution in [0.5, 0.6) is 5.75 Å². The molecular formula is C23H30N4O3. The van der Waals surface area contributed by atoms with Crippen molar-refractivity contribution < 1.29 is 14.6 Å². The summed E-state index contributed by atoms with van der Waals surface area (Å²) in [6.07, 6.45) is -0.797. The van der Waals surface area contributed by atoms with Gasteiger partial charge in [-0.25, -0.2) is 9.78 Å². The molecule has 0 unspecified atom stereocenters.